The number of carbonyl (C=O) groups excluding carboxylic acids is 1. The summed E-state index contributed by atoms with van der Waals surface area (Å²) in [4.78, 5) is 35.3. The highest BCUT2D eigenvalue weighted by molar-refractivity contribution is 5.59. The minimum Gasteiger partial charge on any atom is -0.493 e. The standard InChI is InChI=1S/C23H23N5O5/c1-32-21-12-18(19(28(30)31)13-22(21)33-15-17-6-3-2-4-7-17)20-14-26(10-11-27(20)16-29)23-24-8-5-9-25-23/h2-9,12-13,16,20H,10-11,14-15H2,1H3. The quantitative estimate of drug-likeness (QED) is 0.293. The van der Waals surface area contributed by atoms with Gasteiger partial charge < -0.3 is 19.3 Å². The molecule has 1 saturated heterocycles. The van der Waals surface area contributed by atoms with Crippen molar-refractivity contribution >= 4 is 18.0 Å². The van der Waals surface area contributed by atoms with Crippen LogP contribution in [-0.2, 0) is 11.4 Å². The van der Waals surface area contributed by atoms with Gasteiger partial charge in [-0.2, -0.15) is 0 Å². The van der Waals surface area contributed by atoms with Crippen LogP contribution in [0.5, 0.6) is 11.5 Å². The summed E-state index contributed by atoms with van der Waals surface area (Å²) < 4.78 is 11.3. The molecule has 170 valence electrons. The van der Waals surface area contributed by atoms with Crippen molar-refractivity contribution in [1.82, 2.24) is 14.9 Å². The molecule has 3 aromatic rings. The molecule has 1 aliphatic rings. The third kappa shape index (κ3) is 4.84. The van der Waals surface area contributed by atoms with Crippen LogP contribution in [0.15, 0.2) is 60.9 Å². The van der Waals surface area contributed by atoms with Gasteiger partial charge in [0.25, 0.3) is 5.69 Å². The zero-order chi connectivity index (χ0) is 23.2. The number of benzene rings is 2. The molecule has 0 N–H and O–H groups in total. The van der Waals surface area contributed by atoms with Crippen molar-refractivity contribution < 1.29 is 19.2 Å². The van der Waals surface area contributed by atoms with Crippen molar-refractivity contribution in [3.63, 3.8) is 0 Å². The van der Waals surface area contributed by atoms with E-state index in [0.717, 1.165) is 5.56 Å². The highest BCUT2D eigenvalue weighted by Crippen LogP contribution is 2.40. The van der Waals surface area contributed by atoms with Gasteiger partial charge in [-0.3, -0.25) is 14.9 Å². The van der Waals surface area contributed by atoms with Crippen LogP contribution in [0.3, 0.4) is 0 Å². The second-order valence-electron chi connectivity index (χ2n) is 7.45. The molecule has 0 saturated carbocycles. The summed E-state index contributed by atoms with van der Waals surface area (Å²) in [6.45, 7) is 1.42. The van der Waals surface area contributed by atoms with Crippen LogP contribution >= 0.6 is 0 Å². The van der Waals surface area contributed by atoms with Gasteiger partial charge in [-0.25, -0.2) is 9.97 Å². The number of methoxy groups -OCH3 is 1. The Hall–Kier alpha value is -4.21. The number of anilines is 1. The number of nitro benzene ring substituents is 1. The molecule has 0 bridgehead atoms. The van der Waals surface area contributed by atoms with E-state index in [1.165, 1.54) is 13.2 Å². The predicted molar refractivity (Wildman–Crippen MR) is 120 cm³/mol. The normalized spacial score (nSPS) is 15.7. The highest BCUT2D eigenvalue weighted by atomic mass is 16.6. The fourth-order valence-corrected chi connectivity index (χ4v) is 3.83. The number of rotatable bonds is 8. The van der Waals surface area contributed by atoms with Gasteiger partial charge in [-0.1, -0.05) is 30.3 Å². The molecule has 1 atom stereocenters. The number of hydrogen-bond donors (Lipinski definition) is 0. The first kappa shape index (κ1) is 22.0. The van der Waals surface area contributed by atoms with Crippen LogP contribution in [0.2, 0.25) is 0 Å². The summed E-state index contributed by atoms with van der Waals surface area (Å²) in [5.41, 5.74) is 1.13. The van der Waals surface area contributed by atoms with Gasteiger partial charge >= 0.3 is 0 Å². The number of nitrogens with zero attached hydrogens (tertiary/aromatic N) is 5. The largest absolute Gasteiger partial charge is 0.493 e. The molecule has 2 aromatic carbocycles. The van der Waals surface area contributed by atoms with E-state index in [1.807, 2.05) is 35.2 Å². The molecular formula is C23H23N5O5. The lowest BCUT2D eigenvalue weighted by molar-refractivity contribution is -0.386. The maximum Gasteiger partial charge on any atom is 0.278 e. The van der Waals surface area contributed by atoms with Crippen LogP contribution in [0.25, 0.3) is 0 Å². The van der Waals surface area contributed by atoms with Crippen molar-refractivity contribution in [2.45, 2.75) is 12.6 Å². The van der Waals surface area contributed by atoms with Gasteiger partial charge in [0, 0.05) is 32.0 Å². The summed E-state index contributed by atoms with van der Waals surface area (Å²) in [7, 11) is 1.47. The van der Waals surface area contributed by atoms with Crippen molar-refractivity contribution in [2.75, 3.05) is 31.6 Å². The summed E-state index contributed by atoms with van der Waals surface area (Å²) in [5.74, 6) is 1.12. The fraction of sp³-hybridized carbons (Fsp3) is 0.261. The van der Waals surface area contributed by atoms with Gasteiger partial charge in [-0.15, -0.1) is 0 Å². The van der Waals surface area contributed by atoms with Crippen LogP contribution in [0.1, 0.15) is 17.2 Å². The van der Waals surface area contributed by atoms with E-state index in [-0.39, 0.29) is 18.0 Å². The molecule has 2 heterocycles. The van der Waals surface area contributed by atoms with Crippen molar-refractivity contribution in [3.05, 3.63) is 82.2 Å². The molecule has 4 rings (SSSR count). The van der Waals surface area contributed by atoms with E-state index >= 15 is 0 Å². The van der Waals surface area contributed by atoms with Crippen LogP contribution < -0.4 is 14.4 Å². The predicted octanol–water partition coefficient (Wildman–Crippen LogP) is 2.99. The van der Waals surface area contributed by atoms with E-state index in [4.69, 9.17) is 9.47 Å². The Morgan fingerprint density at radius 3 is 2.55 bits per heavy atom. The number of carbonyl (C=O) groups is 1. The second-order valence-corrected chi connectivity index (χ2v) is 7.45. The average molecular weight is 449 g/mol. The number of ether oxygens (including phenoxy) is 2. The summed E-state index contributed by atoms with van der Waals surface area (Å²) in [6.07, 6.45) is 3.98. The number of nitro groups is 1. The number of hydrogen-bond acceptors (Lipinski definition) is 8. The molecule has 0 radical (unpaired) electrons. The SMILES string of the molecule is COc1cc(C2CN(c3ncccn3)CCN2C=O)c([N+](=O)[O-])cc1OCc1ccccc1. The monoisotopic (exact) mass is 449 g/mol. The molecule has 10 nitrogen and oxygen atoms in total. The van der Waals surface area contributed by atoms with Gasteiger partial charge in [-0.05, 0) is 17.7 Å². The molecule has 1 amide bonds. The Morgan fingerprint density at radius 1 is 1.12 bits per heavy atom. The smallest absolute Gasteiger partial charge is 0.278 e. The molecule has 1 fully saturated rings. The van der Waals surface area contributed by atoms with Crippen LogP contribution in [-0.4, -0.2) is 52.9 Å². The topological polar surface area (TPSA) is 111 Å². The molecule has 1 aliphatic heterocycles. The maximum atomic E-state index is 12.0. The van der Waals surface area contributed by atoms with Gasteiger partial charge in [0.2, 0.25) is 12.4 Å². The Kier molecular flexibility index (Phi) is 6.63. The summed E-state index contributed by atoms with van der Waals surface area (Å²) >= 11 is 0. The van der Waals surface area contributed by atoms with Gasteiger partial charge in [0.05, 0.1) is 29.7 Å². The molecule has 1 unspecified atom stereocenters. The van der Waals surface area contributed by atoms with E-state index < -0.39 is 11.0 Å². The third-order valence-electron chi connectivity index (χ3n) is 5.50. The first-order chi connectivity index (χ1) is 16.1. The zero-order valence-corrected chi connectivity index (χ0v) is 18.0. The third-order valence-corrected chi connectivity index (χ3v) is 5.50. The lowest BCUT2D eigenvalue weighted by Crippen LogP contribution is -2.48. The van der Waals surface area contributed by atoms with E-state index in [9.17, 15) is 14.9 Å². The fourth-order valence-electron chi connectivity index (χ4n) is 3.83. The highest BCUT2D eigenvalue weighted by Gasteiger charge is 2.34. The van der Waals surface area contributed by atoms with E-state index in [1.54, 1.807) is 29.4 Å². The minimum atomic E-state index is -0.586. The van der Waals surface area contributed by atoms with Crippen molar-refractivity contribution in [1.29, 1.82) is 0 Å². The second kappa shape index (κ2) is 9.94. The average Bonchev–Trinajstić information content (AvgIpc) is 2.87. The Balaban J connectivity index is 1.68. The number of aromatic nitrogens is 2. The lowest BCUT2D eigenvalue weighted by Gasteiger charge is -2.39. The van der Waals surface area contributed by atoms with E-state index in [0.29, 0.717) is 43.3 Å². The molecule has 10 heteroatoms. The maximum absolute atomic E-state index is 12.0. The molecule has 0 aliphatic carbocycles. The van der Waals surface area contributed by atoms with Crippen molar-refractivity contribution in [3.8, 4) is 11.5 Å². The van der Waals surface area contributed by atoms with E-state index in [2.05, 4.69) is 9.97 Å². The Labute approximate surface area is 190 Å². The first-order valence-electron chi connectivity index (χ1n) is 10.4. The number of amides is 1. The minimum absolute atomic E-state index is 0.147. The molecular weight excluding hydrogens is 426 g/mol. The molecule has 1 aromatic heterocycles. The summed E-state index contributed by atoms with van der Waals surface area (Å²) in [6, 6.07) is 13.5. The Bertz CT molecular complexity index is 1110. The molecule has 33 heavy (non-hydrogen) atoms. The lowest BCUT2D eigenvalue weighted by atomic mass is 10.00. The van der Waals surface area contributed by atoms with Gasteiger partial charge in [0.1, 0.15) is 6.61 Å². The summed E-state index contributed by atoms with van der Waals surface area (Å²) in [5, 5.41) is 12.0. The first-order valence-corrected chi connectivity index (χ1v) is 10.4. The molecule has 0 spiro atoms. The van der Waals surface area contributed by atoms with Crippen LogP contribution in [0.4, 0.5) is 11.6 Å². The number of piperazine rings is 1. The zero-order valence-electron chi connectivity index (χ0n) is 18.0. The van der Waals surface area contributed by atoms with Crippen LogP contribution in [0, 0.1) is 10.1 Å². The Morgan fingerprint density at radius 2 is 1.88 bits per heavy atom. The van der Waals surface area contributed by atoms with Gasteiger partial charge in [0.15, 0.2) is 11.5 Å². The van der Waals surface area contributed by atoms with Crippen molar-refractivity contribution in [2.24, 2.45) is 0 Å².